The van der Waals surface area contributed by atoms with Gasteiger partial charge in [0.05, 0.1) is 97.5 Å². The van der Waals surface area contributed by atoms with Crippen molar-refractivity contribution in [2.75, 3.05) is 76.8 Å². The summed E-state index contributed by atoms with van der Waals surface area (Å²) < 4.78 is 29.1. The first kappa shape index (κ1) is 94.5. The Morgan fingerprint density at radius 2 is 1.15 bits per heavy atom. The molecule has 2 fully saturated rings. The van der Waals surface area contributed by atoms with E-state index in [2.05, 4.69) is 55.0 Å². The zero-order valence-electron chi connectivity index (χ0n) is 66.9. The highest BCUT2D eigenvalue weighted by atomic mass is 16.5. The highest BCUT2D eigenvalue weighted by Crippen LogP contribution is 2.34. The summed E-state index contributed by atoms with van der Waals surface area (Å²) >= 11 is 0. The number of nitrogens with zero attached hydrogens (tertiary/aromatic N) is 4. The first-order valence-electron chi connectivity index (χ1n) is 37.8. The second-order valence-corrected chi connectivity index (χ2v) is 29.9. The number of methoxy groups -OCH3 is 5. The van der Waals surface area contributed by atoms with Crippen molar-refractivity contribution in [3.8, 4) is 0 Å². The number of hydrogen-bond donors (Lipinski definition) is 5. The van der Waals surface area contributed by atoms with Crippen LogP contribution in [0.4, 0.5) is 0 Å². The molecule has 6 amide bonds. The second-order valence-electron chi connectivity index (χ2n) is 29.9. The van der Waals surface area contributed by atoms with Gasteiger partial charge in [0.15, 0.2) is 11.6 Å². The Kier molecular flexibility index (Phi) is 45.0. The molecule has 588 valence electrons. The SMILES string of the molecule is CC[C@H](C)[C@H](NC(=O)[C@H](C)[C@@H](OC)[C@@H]1CCCN1C(=O)C[C@@H](OC)[C@H]([C@@H](C)CC)N(C)C(=O)[C@@H](CC(=O)[C@@H](NC)C(C)C)C(C)C)[C@@H](C)OC.CC[C@H](C)[C@H](NC(=O)[C@H](C)[C@@H](OC)[C@@H]1CCCN1C(=O)[C@@H]1CC=CCCCC[C@H](NC)C(=O)C[C@@H](C(C)C)C(=O)N1C)[C@@H](CC(=O)O)OC.O=C=O. The Balaban J connectivity index is 0.000000982. The number of carboxylic acids is 1. The Bertz CT molecular complexity index is 2610. The van der Waals surface area contributed by atoms with Crippen LogP contribution in [0.25, 0.3) is 0 Å². The van der Waals surface area contributed by atoms with Crippen molar-refractivity contribution < 1.29 is 81.5 Å². The number of nitrogens with one attached hydrogen (secondary N) is 4. The monoisotopic (exact) mass is 1450 g/mol. The van der Waals surface area contributed by atoms with Gasteiger partial charge >= 0.3 is 12.1 Å². The quantitative estimate of drug-likeness (QED) is 0.0366. The van der Waals surface area contributed by atoms with E-state index in [0.29, 0.717) is 32.4 Å². The largest absolute Gasteiger partial charge is 0.481 e. The Morgan fingerprint density at radius 1 is 0.637 bits per heavy atom. The number of aliphatic carboxylic acids is 1. The molecule has 0 unspecified atom stereocenters. The molecule has 3 heterocycles. The van der Waals surface area contributed by atoms with Gasteiger partial charge in [-0.2, -0.15) is 9.59 Å². The lowest BCUT2D eigenvalue weighted by atomic mass is 9.84. The minimum atomic E-state index is -1.01. The average molecular weight is 1450 g/mol. The Hall–Kier alpha value is -5.53. The molecule has 25 heteroatoms. The minimum Gasteiger partial charge on any atom is -0.481 e. The van der Waals surface area contributed by atoms with Gasteiger partial charge in [0.1, 0.15) is 6.04 Å². The number of likely N-dealkylation sites (N-methyl/N-ethyl adjacent to an activating group) is 4. The van der Waals surface area contributed by atoms with Crippen LogP contribution in [0.3, 0.4) is 0 Å². The van der Waals surface area contributed by atoms with E-state index in [4.69, 9.17) is 33.3 Å². The van der Waals surface area contributed by atoms with E-state index >= 15 is 0 Å². The van der Waals surface area contributed by atoms with Crippen LogP contribution < -0.4 is 21.3 Å². The lowest BCUT2D eigenvalue weighted by Gasteiger charge is -2.41. The van der Waals surface area contributed by atoms with Crippen LogP contribution in [0.5, 0.6) is 0 Å². The van der Waals surface area contributed by atoms with Crippen LogP contribution in [0.1, 0.15) is 207 Å². The third-order valence-electron chi connectivity index (χ3n) is 22.4. The predicted octanol–water partition coefficient (Wildman–Crippen LogP) is 8.18. The van der Waals surface area contributed by atoms with Gasteiger partial charge in [0.25, 0.3) is 0 Å². The molecule has 2 saturated heterocycles. The van der Waals surface area contributed by atoms with Gasteiger partial charge in [-0.3, -0.25) is 43.2 Å². The van der Waals surface area contributed by atoms with Crippen LogP contribution >= 0.6 is 0 Å². The summed E-state index contributed by atoms with van der Waals surface area (Å²) in [5.41, 5.74) is 0. The fraction of sp³-hybridized carbons (Fsp3) is 0.844. The molecule has 3 aliphatic heterocycles. The second kappa shape index (κ2) is 48.6. The molecule has 25 nitrogen and oxygen atoms in total. The van der Waals surface area contributed by atoms with Crippen molar-refractivity contribution in [3.63, 3.8) is 0 Å². The molecule has 0 bridgehead atoms. The smallest absolute Gasteiger partial charge is 0.373 e. The number of allylic oxidation sites excluding steroid dienone is 1. The summed E-state index contributed by atoms with van der Waals surface area (Å²) in [4.78, 5) is 146. The molecule has 5 N–H and O–H groups in total. The number of likely N-dealkylation sites (tertiary alicyclic amines) is 2. The molecule has 3 aliphatic rings. The average Bonchev–Trinajstić information content (AvgIpc) is 1.54. The van der Waals surface area contributed by atoms with Gasteiger partial charge in [-0.15, -0.1) is 0 Å². The van der Waals surface area contributed by atoms with Gasteiger partial charge in [0.2, 0.25) is 35.4 Å². The molecule has 102 heavy (non-hydrogen) atoms. The van der Waals surface area contributed by atoms with Gasteiger partial charge in [-0.05, 0) is 108 Å². The maximum atomic E-state index is 14.5. The standard InChI is InChI=1S/C39H74N4O7.C37H64N4O8.CO2/c1-16-25(7)35(28(10)48-13)41-38(46)27(9)37(50-15)30-19-18-20-43(30)33(45)22-32(49-14)36(26(8)17-2)42(12)39(47)29(23(3)4)21-31(44)34(40-11)24(5)6;1-10-24(4)33(31(48-8)22-32(43)44)39-35(45)25(5)34(49-9)28-19-16-20-41(28)37(47)29-18-15-13-11-12-14-17-27(38-6)30(42)21-26(23(2)3)36(46)40(29)7;2-1-3/h23-30,32,34-37,40H,16-22H2,1-15H3,(H,41,46);13,15,23-29,31,33-34,38H,10-12,14,16-22H2,1-9H3,(H,39,45)(H,43,44);/t25-,26-,27+,28+,29-,30-,32+,34-,35-,36-,37+;24-,25+,26-,27-,28-,29-,31+,33-,34+;/m00./s1. The number of Topliss-reactive ketones (excluding diaryl/α,β-unsaturated/α-hetero) is 2. The number of hydrogen-bond acceptors (Lipinski definition) is 18. The summed E-state index contributed by atoms with van der Waals surface area (Å²) in [6.07, 6.45) is 10.8. The van der Waals surface area contributed by atoms with Gasteiger partial charge < -0.3 is 69.7 Å². The van der Waals surface area contributed by atoms with Gasteiger partial charge in [0, 0.05) is 87.4 Å². The van der Waals surface area contributed by atoms with Crippen molar-refractivity contribution in [2.45, 2.75) is 285 Å². The lowest BCUT2D eigenvalue weighted by molar-refractivity contribution is -0.192. The van der Waals surface area contributed by atoms with Crippen molar-refractivity contribution in [1.29, 1.82) is 0 Å². The summed E-state index contributed by atoms with van der Waals surface area (Å²) in [7, 11) is 14.8. The van der Waals surface area contributed by atoms with Crippen molar-refractivity contribution in [3.05, 3.63) is 12.2 Å². The molecular formula is C77H138N8O17. The normalized spacial score (nSPS) is 23.0. The van der Waals surface area contributed by atoms with Crippen molar-refractivity contribution >= 4 is 59.1 Å². The number of amides is 6. The van der Waals surface area contributed by atoms with Crippen LogP contribution in [0, 0.1) is 59.2 Å². The van der Waals surface area contributed by atoms with E-state index in [-0.39, 0.29) is 151 Å². The van der Waals surface area contributed by atoms with Gasteiger partial charge in [-0.1, -0.05) is 135 Å². The molecule has 0 aliphatic carbocycles. The third kappa shape index (κ3) is 27.7. The molecule has 3 rings (SSSR count). The van der Waals surface area contributed by atoms with E-state index < -0.39 is 72.2 Å². The number of rotatable bonds is 37. The number of carbonyl (C=O) groups is 9. The third-order valence-corrected chi connectivity index (χ3v) is 22.4. The lowest BCUT2D eigenvalue weighted by Crippen LogP contribution is -2.57. The van der Waals surface area contributed by atoms with Crippen molar-refractivity contribution in [2.24, 2.45) is 59.2 Å². The predicted molar refractivity (Wildman–Crippen MR) is 393 cm³/mol. The highest BCUT2D eigenvalue weighted by Gasteiger charge is 2.47. The maximum absolute atomic E-state index is 14.5. The molecule has 0 aromatic heterocycles. The van der Waals surface area contributed by atoms with Crippen molar-refractivity contribution in [1.82, 2.24) is 40.9 Å². The number of carbonyl (C=O) groups excluding carboxylic acids is 10. The first-order chi connectivity index (χ1) is 48.1. The molecule has 0 aromatic rings. The molecule has 0 aromatic carbocycles. The number of carboxylic acid groups (broad SMARTS) is 1. The number of ketones is 2. The topological polar surface area (TPSA) is 315 Å². The van der Waals surface area contributed by atoms with E-state index in [1.165, 1.54) is 19.1 Å². The maximum Gasteiger partial charge on any atom is 0.373 e. The highest BCUT2D eigenvalue weighted by molar-refractivity contribution is 5.93. The zero-order valence-corrected chi connectivity index (χ0v) is 66.9. The number of ether oxygens (including phenoxy) is 5. The van der Waals surface area contributed by atoms with Gasteiger partial charge in [-0.25, -0.2) is 0 Å². The molecule has 0 saturated carbocycles. The molecule has 0 spiro atoms. The summed E-state index contributed by atoms with van der Waals surface area (Å²) in [6, 6.07) is -3.14. The minimum absolute atomic E-state index is 0.0172. The summed E-state index contributed by atoms with van der Waals surface area (Å²) in [5.74, 6) is -4.06. The summed E-state index contributed by atoms with van der Waals surface area (Å²) in [6.45, 7) is 30.7. The Labute approximate surface area is 612 Å². The Morgan fingerprint density at radius 3 is 1.60 bits per heavy atom. The molecule has 20 atom stereocenters. The van der Waals surface area contributed by atoms with Crippen LogP contribution in [-0.2, 0) is 76.4 Å². The fourth-order valence-electron chi connectivity index (χ4n) is 15.2. The van der Waals surface area contributed by atoms with Crippen LogP contribution in [-0.4, -0.2) is 240 Å². The zero-order chi connectivity index (χ0) is 78.0. The molecule has 0 radical (unpaired) electrons. The van der Waals surface area contributed by atoms with E-state index in [1.54, 1.807) is 66.2 Å². The fourth-order valence-corrected chi connectivity index (χ4v) is 15.2. The van der Waals surface area contributed by atoms with E-state index in [9.17, 15) is 48.3 Å². The van der Waals surface area contributed by atoms with Crippen LogP contribution in [0.15, 0.2) is 12.2 Å². The van der Waals surface area contributed by atoms with E-state index in [1.807, 2.05) is 80.2 Å². The van der Waals surface area contributed by atoms with E-state index in [0.717, 1.165) is 57.8 Å². The molecular weight excluding hydrogens is 1310 g/mol. The first-order valence-corrected chi connectivity index (χ1v) is 37.8. The summed E-state index contributed by atoms with van der Waals surface area (Å²) in [5, 5.41) is 22.0. The van der Waals surface area contributed by atoms with Crippen LogP contribution in [0.2, 0.25) is 0 Å².